The van der Waals surface area contributed by atoms with Crippen molar-refractivity contribution in [3.05, 3.63) is 30.3 Å². The van der Waals surface area contributed by atoms with Gasteiger partial charge in [-0.25, -0.2) is 0 Å². The van der Waals surface area contributed by atoms with Crippen molar-refractivity contribution in [3.8, 4) is 5.75 Å². The zero-order valence-electron chi connectivity index (χ0n) is 10.9. The lowest BCUT2D eigenvalue weighted by Gasteiger charge is -2.16. The van der Waals surface area contributed by atoms with E-state index in [0.29, 0.717) is 38.2 Å². The number of rotatable bonds is 9. The Bertz CT molecular complexity index is 357. The van der Waals surface area contributed by atoms with Crippen molar-refractivity contribution in [2.45, 2.75) is 20.3 Å². The second-order valence-corrected chi connectivity index (χ2v) is 5.78. The minimum atomic E-state index is -2.93. The second kappa shape index (κ2) is 8.30. The van der Waals surface area contributed by atoms with Gasteiger partial charge in [-0.3, -0.25) is 4.57 Å². The summed E-state index contributed by atoms with van der Waals surface area (Å²) in [5, 5.41) is 0. The van der Waals surface area contributed by atoms with Crippen LogP contribution >= 0.6 is 7.60 Å². The van der Waals surface area contributed by atoms with Crippen LogP contribution in [0.1, 0.15) is 20.3 Å². The maximum absolute atomic E-state index is 12.1. The monoisotopic (exact) mass is 271 g/mol. The Balaban J connectivity index is 2.29. The van der Waals surface area contributed by atoms with Gasteiger partial charge >= 0.3 is 7.60 Å². The molecule has 0 atom stereocenters. The molecule has 101 valence electrons. The first-order valence-corrected chi connectivity index (χ1v) is 7.90. The molecule has 1 rings (SSSR count). The number of hydrogen-bond acceptors (Lipinski definition) is 4. The fourth-order valence-corrected chi connectivity index (χ4v) is 3.10. The average molecular weight is 271 g/mol. The molecule has 0 unspecified atom stereocenters. The fourth-order valence-electron chi connectivity index (χ4n) is 1.47. The Labute approximate surface area is 109 Å². The van der Waals surface area contributed by atoms with Gasteiger partial charge < -0.3 is 13.8 Å². The summed E-state index contributed by atoms with van der Waals surface area (Å²) in [6.45, 7) is 4.88. The van der Waals surface area contributed by atoms with Gasteiger partial charge in [0.25, 0.3) is 0 Å². The number of ether oxygens (including phenoxy) is 1. The molecule has 1 aromatic rings. The van der Waals surface area contributed by atoms with Crippen LogP contribution in [0.25, 0.3) is 0 Å². The molecule has 5 heteroatoms. The van der Waals surface area contributed by atoms with Crippen LogP contribution in [0.5, 0.6) is 5.75 Å². The average Bonchev–Trinajstić information content (AvgIpc) is 2.37. The van der Waals surface area contributed by atoms with Gasteiger partial charge in [0, 0.05) is 6.07 Å². The Morgan fingerprint density at radius 1 is 1.22 bits per heavy atom. The minimum Gasteiger partial charge on any atom is -0.493 e. The van der Waals surface area contributed by atoms with E-state index in [2.05, 4.69) is 6.07 Å². The van der Waals surface area contributed by atoms with E-state index in [1.54, 1.807) is 19.9 Å². The third kappa shape index (κ3) is 5.67. The van der Waals surface area contributed by atoms with Crippen LogP contribution < -0.4 is 4.74 Å². The standard InChI is InChI=1S/C13H20O4P/c1-3-16-18(14,17-4-2)12-8-11-15-13-9-6-5-7-10-13/h5-7,9H,3-4,8,11-12H2,1-2H3. The van der Waals surface area contributed by atoms with Gasteiger partial charge in [0.05, 0.1) is 26.0 Å². The lowest BCUT2D eigenvalue weighted by molar-refractivity contribution is 0.216. The number of hydrogen-bond donors (Lipinski definition) is 0. The molecule has 0 saturated carbocycles. The first kappa shape index (κ1) is 15.2. The molecule has 18 heavy (non-hydrogen) atoms. The molecular formula is C13H20O4P. The molecule has 0 saturated heterocycles. The molecule has 1 aromatic carbocycles. The molecule has 0 N–H and O–H groups in total. The summed E-state index contributed by atoms with van der Waals surface area (Å²) < 4.78 is 28.0. The summed E-state index contributed by atoms with van der Waals surface area (Å²) in [6, 6.07) is 10.4. The van der Waals surface area contributed by atoms with Crippen molar-refractivity contribution in [1.29, 1.82) is 0 Å². The van der Waals surface area contributed by atoms with E-state index in [1.165, 1.54) is 0 Å². The van der Waals surface area contributed by atoms with E-state index in [4.69, 9.17) is 13.8 Å². The smallest absolute Gasteiger partial charge is 0.330 e. The summed E-state index contributed by atoms with van der Waals surface area (Å²) >= 11 is 0. The van der Waals surface area contributed by atoms with E-state index in [1.807, 2.05) is 18.2 Å². The lowest BCUT2D eigenvalue weighted by Crippen LogP contribution is -2.05. The van der Waals surface area contributed by atoms with E-state index >= 15 is 0 Å². The van der Waals surface area contributed by atoms with Crippen LogP contribution in [-0.2, 0) is 13.6 Å². The predicted octanol–water partition coefficient (Wildman–Crippen LogP) is 3.52. The van der Waals surface area contributed by atoms with Gasteiger partial charge in [-0.05, 0) is 26.3 Å². The molecule has 0 bridgehead atoms. The maximum Gasteiger partial charge on any atom is 0.330 e. The Morgan fingerprint density at radius 2 is 1.94 bits per heavy atom. The molecule has 0 fully saturated rings. The van der Waals surface area contributed by atoms with Crippen molar-refractivity contribution in [2.75, 3.05) is 26.0 Å². The number of benzene rings is 1. The largest absolute Gasteiger partial charge is 0.493 e. The normalized spacial score (nSPS) is 11.4. The van der Waals surface area contributed by atoms with Crippen LogP contribution in [0.2, 0.25) is 0 Å². The van der Waals surface area contributed by atoms with Gasteiger partial charge in [-0.15, -0.1) is 0 Å². The van der Waals surface area contributed by atoms with Crippen LogP contribution in [0.15, 0.2) is 24.3 Å². The Hall–Kier alpha value is -0.830. The quantitative estimate of drug-likeness (QED) is 0.509. The van der Waals surface area contributed by atoms with Gasteiger partial charge in [0.1, 0.15) is 5.75 Å². The predicted molar refractivity (Wildman–Crippen MR) is 71.1 cm³/mol. The minimum absolute atomic E-state index is 0.377. The first-order chi connectivity index (χ1) is 8.70. The highest BCUT2D eigenvalue weighted by atomic mass is 31.2. The highest BCUT2D eigenvalue weighted by Crippen LogP contribution is 2.48. The molecule has 0 aliphatic carbocycles. The Morgan fingerprint density at radius 3 is 2.50 bits per heavy atom. The van der Waals surface area contributed by atoms with Gasteiger partial charge in [0.15, 0.2) is 0 Å². The van der Waals surface area contributed by atoms with Crippen LogP contribution in [-0.4, -0.2) is 26.0 Å². The maximum atomic E-state index is 12.1. The molecular weight excluding hydrogens is 251 g/mol. The zero-order chi connectivity index (χ0) is 13.3. The summed E-state index contributed by atoms with van der Waals surface area (Å²) in [7, 11) is -2.93. The summed E-state index contributed by atoms with van der Waals surface area (Å²) in [5.41, 5.74) is 0. The van der Waals surface area contributed by atoms with Crippen LogP contribution in [0.3, 0.4) is 0 Å². The first-order valence-electron chi connectivity index (χ1n) is 6.18. The van der Waals surface area contributed by atoms with E-state index in [0.717, 1.165) is 0 Å². The summed E-state index contributed by atoms with van der Waals surface area (Å²) in [4.78, 5) is 0. The molecule has 0 heterocycles. The third-order valence-corrected chi connectivity index (χ3v) is 4.33. The SMILES string of the molecule is CCOP(=O)(CCCOc1[c]cccc1)OCC. The van der Waals surface area contributed by atoms with Gasteiger partial charge in [-0.1, -0.05) is 18.2 Å². The third-order valence-electron chi connectivity index (χ3n) is 2.17. The van der Waals surface area contributed by atoms with E-state index in [-0.39, 0.29) is 0 Å². The highest BCUT2D eigenvalue weighted by molar-refractivity contribution is 7.53. The van der Waals surface area contributed by atoms with Crippen molar-refractivity contribution in [1.82, 2.24) is 0 Å². The Kier molecular flexibility index (Phi) is 7.02. The fraction of sp³-hybridized carbons (Fsp3) is 0.538. The lowest BCUT2D eigenvalue weighted by atomic mass is 10.3. The van der Waals surface area contributed by atoms with E-state index in [9.17, 15) is 4.57 Å². The summed E-state index contributed by atoms with van der Waals surface area (Å²) in [6.07, 6.45) is 1.00. The molecule has 4 nitrogen and oxygen atoms in total. The zero-order valence-corrected chi connectivity index (χ0v) is 11.8. The molecule has 1 radical (unpaired) electrons. The molecule has 0 spiro atoms. The molecule has 0 aliphatic rings. The van der Waals surface area contributed by atoms with Crippen LogP contribution in [0.4, 0.5) is 0 Å². The molecule has 0 amide bonds. The second-order valence-electron chi connectivity index (χ2n) is 3.60. The topological polar surface area (TPSA) is 44.8 Å². The van der Waals surface area contributed by atoms with Gasteiger partial charge in [-0.2, -0.15) is 0 Å². The van der Waals surface area contributed by atoms with Crippen molar-refractivity contribution in [3.63, 3.8) is 0 Å². The molecule has 0 aliphatic heterocycles. The number of para-hydroxylation sites is 1. The summed E-state index contributed by atoms with van der Waals surface area (Å²) in [5.74, 6) is 0.695. The molecule has 0 aromatic heterocycles. The van der Waals surface area contributed by atoms with Crippen molar-refractivity contribution < 1.29 is 18.3 Å². The van der Waals surface area contributed by atoms with Crippen molar-refractivity contribution in [2.24, 2.45) is 0 Å². The van der Waals surface area contributed by atoms with Crippen molar-refractivity contribution >= 4 is 7.60 Å². The van der Waals surface area contributed by atoms with Gasteiger partial charge in [0.2, 0.25) is 0 Å². The van der Waals surface area contributed by atoms with Crippen LogP contribution in [0, 0.1) is 6.07 Å². The highest BCUT2D eigenvalue weighted by Gasteiger charge is 2.22. The van der Waals surface area contributed by atoms with E-state index < -0.39 is 7.60 Å².